The van der Waals surface area contributed by atoms with Crippen molar-refractivity contribution in [2.75, 3.05) is 27.2 Å². The van der Waals surface area contributed by atoms with E-state index >= 15 is 0 Å². The summed E-state index contributed by atoms with van der Waals surface area (Å²) in [6.45, 7) is 15.5. The molecule has 1 aromatic rings. The van der Waals surface area contributed by atoms with E-state index in [1.165, 1.54) is 11.3 Å². The Kier molecular flexibility index (Phi) is 9.65. The summed E-state index contributed by atoms with van der Waals surface area (Å²) in [5.74, 6) is 1.14. The summed E-state index contributed by atoms with van der Waals surface area (Å²) < 4.78 is 7.33. The van der Waals surface area contributed by atoms with Gasteiger partial charge >= 0.3 is 6.09 Å². The second kappa shape index (κ2) is 11.2. The smallest absolute Gasteiger partial charge is 0.407 e. The largest absolute Gasteiger partial charge is 0.444 e. The maximum Gasteiger partial charge on any atom is 0.407 e. The molecule has 172 valence electrons. The number of ether oxygens (including phenoxy) is 1. The molecule has 1 rings (SSSR count). The third-order valence-electron chi connectivity index (χ3n) is 5.17. The van der Waals surface area contributed by atoms with E-state index in [0.29, 0.717) is 5.92 Å². The minimum Gasteiger partial charge on any atom is -0.444 e. The van der Waals surface area contributed by atoms with Crippen molar-refractivity contribution < 1.29 is 9.53 Å². The van der Waals surface area contributed by atoms with Gasteiger partial charge in [-0.15, -0.1) is 0 Å². The number of carbonyl (C=O) groups is 1. The molecule has 1 atom stereocenters. The summed E-state index contributed by atoms with van der Waals surface area (Å²) in [5, 5.41) is 10.9. The first kappa shape index (κ1) is 25.8. The highest BCUT2D eigenvalue weighted by atomic mass is 16.6. The number of aliphatic imine (C=N–C) groups is 1. The molecular weight excluding hydrogens is 380 g/mol. The van der Waals surface area contributed by atoms with Crippen LogP contribution >= 0.6 is 0 Å². The van der Waals surface area contributed by atoms with Gasteiger partial charge in [-0.1, -0.05) is 13.8 Å². The van der Waals surface area contributed by atoms with Crippen LogP contribution in [0.1, 0.15) is 58.0 Å². The molecule has 0 aliphatic carbocycles. The summed E-state index contributed by atoms with van der Waals surface area (Å²) in [4.78, 5) is 18.6. The molecule has 2 N–H and O–H groups in total. The number of aromatic nitrogens is 2. The normalized spacial score (nSPS) is 13.4. The lowest BCUT2D eigenvalue weighted by molar-refractivity contribution is 0.0486. The number of guanidine groups is 1. The molecule has 0 spiro atoms. The molecule has 1 unspecified atom stereocenters. The molecule has 30 heavy (non-hydrogen) atoms. The highest BCUT2D eigenvalue weighted by Crippen LogP contribution is 2.13. The van der Waals surface area contributed by atoms with Gasteiger partial charge in [-0.2, -0.15) is 5.10 Å². The van der Waals surface area contributed by atoms with E-state index in [0.717, 1.165) is 37.6 Å². The highest BCUT2D eigenvalue weighted by Gasteiger charge is 2.22. The summed E-state index contributed by atoms with van der Waals surface area (Å²) in [5.41, 5.74) is 3.06. The van der Waals surface area contributed by atoms with Crippen molar-refractivity contribution in [3.8, 4) is 0 Å². The lowest BCUT2D eigenvalue weighted by atomic mass is 10.0. The quantitative estimate of drug-likeness (QED) is 0.497. The van der Waals surface area contributed by atoms with Crippen LogP contribution < -0.4 is 10.6 Å². The number of hydrogen-bond acceptors (Lipinski definition) is 4. The lowest BCUT2D eigenvalue weighted by Crippen LogP contribution is -2.45. The number of rotatable bonds is 8. The highest BCUT2D eigenvalue weighted by molar-refractivity contribution is 5.79. The van der Waals surface area contributed by atoms with Crippen molar-refractivity contribution in [1.29, 1.82) is 0 Å². The number of carbonyl (C=O) groups excluding carboxylic acids is 1. The summed E-state index contributed by atoms with van der Waals surface area (Å²) >= 11 is 0. The third kappa shape index (κ3) is 8.24. The van der Waals surface area contributed by atoms with Crippen LogP contribution in [0, 0.1) is 19.8 Å². The maximum absolute atomic E-state index is 12.2. The van der Waals surface area contributed by atoms with Crippen LogP contribution in [0.15, 0.2) is 4.99 Å². The van der Waals surface area contributed by atoms with Crippen LogP contribution in [-0.2, 0) is 18.2 Å². The zero-order valence-corrected chi connectivity index (χ0v) is 20.6. The Hall–Kier alpha value is -2.25. The molecule has 1 aromatic heterocycles. The van der Waals surface area contributed by atoms with E-state index in [1.54, 1.807) is 7.05 Å². The molecule has 0 aliphatic heterocycles. The zero-order chi connectivity index (χ0) is 23.1. The van der Waals surface area contributed by atoms with Crippen molar-refractivity contribution in [2.45, 2.75) is 73.0 Å². The predicted octanol–water partition coefficient (Wildman–Crippen LogP) is 3.03. The van der Waals surface area contributed by atoms with E-state index < -0.39 is 5.60 Å². The van der Waals surface area contributed by atoms with E-state index in [-0.39, 0.29) is 12.1 Å². The zero-order valence-electron chi connectivity index (χ0n) is 20.6. The monoisotopic (exact) mass is 422 g/mol. The van der Waals surface area contributed by atoms with Crippen molar-refractivity contribution in [3.05, 3.63) is 17.0 Å². The Balaban J connectivity index is 2.56. The number of alkyl carbamates (subject to hydrolysis) is 1. The Bertz CT molecular complexity index is 718. The molecule has 0 aromatic carbocycles. The van der Waals surface area contributed by atoms with Gasteiger partial charge in [0, 0.05) is 46.0 Å². The van der Waals surface area contributed by atoms with E-state index in [4.69, 9.17) is 4.74 Å². The van der Waals surface area contributed by atoms with Gasteiger partial charge in [0.15, 0.2) is 5.96 Å². The Morgan fingerprint density at radius 3 is 2.40 bits per heavy atom. The fourth-order valence-electron chi connectivity index (χ4n) is 3.33. The second-order valence-electron chi connectivity index (χ2n) is 9.20. The molecule has 0 bridgehead atoms. The minimum atomic E-state index is -0.501. The third-order valence-corrected chi connectivity index (χ3v) is 5.17. The van der Waals surface area contributed by atoms with E-state index in [9.17, 15) is 4.79 Å². The van der Waals surface area contributed by atoms with Crippen LogP contribution in [0.2, 0.25) is 0 Å². The van der Waals surface area contributed by atoms with Gasteiger partial charge in [0.2, 0.25) is 0 Å². The SMILES string of the molecule is CN=C(NCCc1c(C)nn(C)c1C)N(C)CCC(NC(=O)OC(C)(C)C)C(C)C. The molecule has 1 amide bonds. The van der Waals surface area contributed by atoms with Crippen LogP contribution in [0.25, 0.3) is 0 Å². The number of hydrogen-bond donors (Lipinski definition) is 2. The first-order valence-corrected chi connectivity index (χ1v) is 10.8. The van der Waals surface area contributed by atoms with Gasteiger partial charge < -0.3 is 20.3 Å². The van der Waals surface area contributed by atoms with Crippen LogP contribution in [0.4, 0.5) is 4.79 Å². The molecule has 0 saturated carbocycles. The van der Waals surface area contributed by atoms with Crippen molar-refractivity contribution in [1.82, 2.24) is 25.3 Å². The molecule has 0 radical (unpaired) electrons. The maximum atomic E-state index is 12.2. The number of aryl methyl sites for hydroxylation is 2. The van der Waals surface area contributed by atoms with Crippen LogP contribution in [0.5, 0.6) is 0 Å². The molecule has 8 nitrogen and oxygen atoms in total. The number of amides is 1. The molecule has 0 fully saturated rings. The van der Waals surface area contributed by atoms with Gasteiger partial charge in [-0.3, -0.25) is 9.67 Å². The summed E-state index contributed by atoms with van der Waals surface area (Å²) in [7, 11) is 5.78. The Labute approximate surface area is 182 Å². The fourth-order valence-corrected chi connectivity index (χ4v) is 3.33. The molecular formula is C22H42N6O2. The van der Waals surface area contributed by atoms with E-state index in [1.807, 2.05) is 46.5 Å². The number of nitrogens with zero attached hydrogens (tertiary/aromatic N) is 4. The summed E-state index contributed by atoms with van der Waals surface area (Å²) in [6, 6.07) is 0.0288. The average Bonchev–Trinajstić information content (AvgIpc) is 2.85. The van der Waals surface area contributed by atoms with Crippen molar-refractivity contribution >= 4 is 12.1 Å². The number of nitrogens with one attached hydrogen (secondary N) is 2. The van der Waals surface area contributed by atoms with Gasteiger partial charge in [-0.25, -0.2) is 4.79 Å². The predicted molar refractivity (Wildman–Crippen MR) is 123 cm³/mol. The fraction of sp³-hybridized carbons (Fsp3) is 0.773. The molecule has 8 heteroatoms. The Morgan fingerprint density at radius 1 is 1.30 bits per heavy atom. The van der Waals surface area contributed by atoms with Gasteiger partial charge in [0.05, 0.1) is 5.69 Å². The molecule has 1 heterocycles. The standard InChI is InChI=1S/C22H42N6O2/c1-15(2)19(25-21(29)30-22(5,6)7)12-14-27(9)20(23-8)24-13-11-18-16(3)26-28(10)17(18)4/h15,19H,11-14H2,1-10H3,(H,23,24)(H,25,29). The molecule has 0 aliphatic rings. The summed E-state index contributed by atoms with van der Waals surface area (Å²) in [6.07, 6.45) is 1.33. The van der Waals surface area contributed by atoms with Gasteiger partial charge in [0.25, 0.3) is 0 Å². The van der Waals surface area contributed by atoms with Gasteiger partial charge in [0.1, 0.15) is 5.60 Å². The van der Waals surface area contributed by atoms with Crippen molar-refractivity contribution in [3.63, 3.8) is 0 Å². The first-order valence-electron chi connectivity index (χ1n) is 10.8. The average molecular weight is 423 g/mol. The second-order valence-corrected chi connectivity index (χ2v) is 9.20. The van der Waals surface area contributed by atoms with Crippen LogP contribution in [-0.4, -0.2) is 65.6 Å². The van der Waals surface area contributed by atoms with Gasteiger partial charge in [-0.05, 0) is 58.9 Å². The van der Waals surface area contributed by atoms with Crippen molar-refractivity contribution in [2.24, 2.45) is 18.0 Å². The van der Waals surface area contributed by atoms with Crippen LogP contribution in [0.3, 0.4) is 0 Å². The minimum absolute atomic E-state index is 0.0288. The topological polar surface area (TPSA) is 83.8 Å². The Morgan fingerprint density at radius 2 is 1.93 bits per heavy atom. The molecule has 0 saturated heterocycles. The lowest BCUT2D eigenvalue weighted by Gasteiger charge is -2.28. The first-order chi connectivity index (χ1) is 13.9. The van der Waals surface area contributed by atoms with E-state index in [2.05, 4.69) is 46.4 Å².